The van der Waals surface area contributed by atoms with E-state index in [1.54, 1.807) is 0 Å². The minimum absolute atomic E-state index is 0.0734. The molecule has 7 aromatic rings. The Kier molecular flexibility index (Phi) is 9.79. The number of hydrogen-bond acceptors (Lipinski definition) is 7. The third kappa shape index (κ3) is 7.74. The van der Waals surface area contributed by atoms with Gasteiger partial charge in [-0.15, -0.1) is 0 Å². The Balaban J connectivity index is 1.23. The number of para-hydroxylation sites is 4. The van der Waals surface area contributed by atoms with Gasteiger partial charge in [-0.25, -0.2) is 0 Å². The summed E-state index contributed by atoms with van der Waals surface area (Å²) in [5.41, 5.74) is 5.37. The average Bonchev–Trinajstić information content (AvgIpc) is 3.16. The zero-order valence-electron chi connectivity index (χ0n) is 26.7. The highest BCUT2D eigenvalue weighted by atomic mass is 16.7. The van der Waals surface area contributed by atoms with E-state index in [0.29, 0.717) is 28.2 Å². The molecular formula is C42H33N3O4. The molecule has 2 aromatic heterocycles. The maximum absolute atomic E-state index is 10.1. The second-order valence-electron chi connectivity index (χ2n) is 11.4. The zero-order valence-corrected chi connectivity index (χ0v) is 26.7. The quantitative estimate of drug-likeness (QED) is 0.116. The molecule has 2 unspecified atom stereocenters. The van der Waals surface area contributed by atoms with Crippen LogP contribution < -0.4 is 9.47 Å². The molecule has 240 valence electrons. The number of nitriles is 1. The molecule has 0 aliphatic rings. The van der Waals surface area contributed by atoms with Gasteiger partial charge in [0.25, 0.3) is 0 Å². The lowest BCUT2D eigenvalue weighted by atomic mass is 9.97. The van der Waals surface area contributed by atoms with Crippen molar-refractivity contribution in [3.63, 3.8) is 0 Å². The lowest BCUT2D eigenvalue weighted by Crippen LogP contribution is -2.19. The first-order valence-corrected chi connectivity index (χ1v) is 16.1. The second-order valence-corrected chi connectivity index (χ2v) is 11.4. The highest BCUT2D eigenvalue weighted by molar-refractivity contribution is 5.79. The van der Waals surface area contributed by atoms with E-state index >= 15 is 0 Å². The minimum Gasteiger partial charge on any atom is -0.461 e. The molecule has 7 rings (SSSR count). The van der Waals surface area contributed by atoms with Gasteiger partial charge >= 0.3 is 0 Å². The Morgan fingerprint density at radius 2 is 0.939 bits per heavy atom. The Morgan fingerprint density at radius 1 is 0.490 bits per heavy atom. The molecule has 0 spiro atoms. The SMILES string of the molecule is N#CCc1c(C(OCc2ccc3ccccc3n2)Oc2ccccc2)cccc1C(OCc1ccc2ccccc2n1)Oc1ccccc1. The van der Waals surface area contributed by atoms with Crippen LogP contribution in [0.4, 0.5) is 0 Å². The van der Waals surface area contributed by atoms with E-state index in [0.717, 1.165) is 33.2 Å². The van der Waals surface area contributed by atoms with Crippen LogP contribution in [0.15, 0.2) is 152 Å². The Hall–Kier alpha value is -6.07. The van der Waals surface area contributed by atoms with Crippen molar-refractivity contribution >= 4 is 21.8 Å². The van der Waals surface area contributed by atoms with E-state index in [-0.39, 0.29) is 19.6 Å². The van der Waals surface area contributed by atoms with Crippen molar-refractivity contribution in [3.8, 4) is 17.6 Å². The van der Waals surface area contributed by atoms with E-state index < -0.39 is 12.6 Å². The van der Waals surface area contributed by atoms with Gasteiger partial charge in [0, 0.05) is 21.9 Å². The summed E-state index contributed by atoms with van der Waals surface area (Å²) >= 11 is 0. The monoisotopic (exact) mass is 643 g/mol. The van der Waals surface area contributed by atoms with Gasteiger partial charge in [-0.05, 0) is 54.1 Å². The van der Waals surface area contributed by atoms with Crippen LogP contribution >= 0.6 is 0 Å². The number of fused-ring (bicyclic) bond motifs is 2. The fourth-order valence-electron chi connectivity index (χ4n) is 5.67. The first-order valence-electron chi connectivity index (χ1n) is 16.1. The zero-order chi connectivity index (χ0) is 33.3. The number of hydrogen-bond donors (Lipinski definition) is 0. The first-order chi connectivity index (χ1) is 24.2. The van der Waals surface area contributed by atoms with Crippen LogP contribution in [0.3, 0.4) is 0 Å². The number of ether oxygens (including phenoxy) is 4. The van der Waals surface area contributed by atoms with Crippen molar-refractivity contribution in [2.75, 3.05) is 0 Å². The summed E-state index contributed by atoms with van der Waals surface area (Å²) in [7, 11) is 0. The molecule has 0 aliphatic carbocycles. The molecule has 0 aliphatic heterocycles. The van der Waals surface area contributed by atoms with Gasteiger partial charge in [0.2, 0.25) is 12.6 Å². The fraction of sp³-hybridized carbons (Fsp3) is 0.119. The number of rotatable bonds is 13. The number of nitrogens with zero attached hydrogens (tertiary/aromatic N) is 3. The van der Waals surface area contributed by atoms with Gasteiger partial charge in [-0.3, -0.25) is 9.97 Å². The summed E-state index contributed by atoms with van der Waals surface area (Å²) in [6.45, 7) is 0.374. The van der Waals surface area contributed by atoms with Gasteiger partial charge in [0.1, 0.15) is 11.5 Å². The van der Waals surface area contributed by atoms with Crippen LogP contribution in [0.2, 0.25) is 0 Å². The van der Waals surface area contributed by atoms with Gasteiger partial charge < -0.3 is 18.9 Å². The van der Waals surface area contributed by atoms with E-state index in [1.165, 1.54) is 0 Å². The summed E-state index contributed by atoms with van der Waals surface area (Å²) in [5, 5.41) is 12.2. The highest BCUT2D eigenvalue weighted by Gasteiger charge is 2.26. The molecule has 0 fully saturated rings. The van der Waals surface area contributed by atoms with Crippen molar-refractivity contribution in [2.24, 2.45) is 0 Å². The van der Waals surface area contributed by atoms with Crippen molar-refractivity contribution in [1.82, 2.24) is 9.97 Å². The topological polar surface area (TPSA) is 86.5 Å². The molecule has 2 atom stereocenters. The maximum atomic E-state index is 10.1. The molecule has 0 radical (unpaired) electrons. The maximum Gasteiger partial charge on any atom is 0.227 e. The molecule has 5 aromatic carbocycles. The molecule has 7 heteroatoms. The third-order valence-corrected chi connectivity index (χ3v) is 8.06. The minimum atomic E-state index is -0.862. The van der Waals surface area contributed by atoms with E-state index in [1.807, 2.05) is 152 Å². The summed E-state index contributed by atoms with van der Waals surface area (Å²) in [4.78, 5) is 9.58. The van der Waals surface area contributed by atoms with E-state index in [9.17, 15) is 5.26 Å². The molecule has 49 heavy (non-hydrogen) atoms. The number of pyridine rings is 2. The fourth-order valence-corrected chi connectivity index (χ4v) is 5.67. The molecule has 0 amide bonds. The largest absolute Gasteiger partial charge is 0.461 e. The number of benzene rings is 5. The van der Waals surface area contributed by atoms with Crippen LogP contribution in [-0.4, -0.2) is 9.97 Å². The average molecular weight is 644 g/mol. The smallest absolute Gasteiger partial charge is 0.227 e. The van der Waals surface area contributed by atoms with Crippen LogP contribution in [0.1, 0.15) is 40.7 Å². The van der Waals surface area contributed by atoms with Gasteiger partial charge in [-0.1, -0.05) is 103 Å². The second kappa shape index (κ2) is 15.2. The van der Waals surface area contributed by atoms with Crippen molar-refractivity contribution in [2.45, 2.75) is 32.2 Å². The van der Waals surface area contributed by atoms with Crippen LogP contribution in [0, 0.1) is 11.3 Å². The standard InChI is InChI=1S/C42H33N3O4/c43-27-26-36-37(41(48-34-14-3-1-4-15-34)46-28-32-24-22-30-12-7-9-20-39(30)44-32)18-11-19-38(36)42(49-35-16-5-2-6-17-35)47-29-33-25-23-31-13-8-10-21-40(31)45-33/h1-25,41-42H,26,28-29H2. The summed E-state index contributed by atoms with van der Waals surface area (Å²) in [6, 6.07) is 50.9. The van der Waals surface area contributed by atoms with Crippen molar-refractivity contribution in [3.05, 3.63) is 180 Å². The first kappa shape index (κ1) is 31.5. The van der Waals surface area contributed by atoms with Gasteiger partial charge in [-0.2, -0.15) is 5.26 Å². The Morgan fingerprint density at radius 3 is 1.41 bits per heavy atom. The van der Waals surface area contributed by atoms with E-state index in [4.69, 9.17) is 28.9 Å². The predicted molar refractivity (Wildman–Crippen MR) is 188 cm³/mol. The third-order valence-electron chi connectivity index (χ3n) is 8.06. The highest BCUT2D eigenvalue weighted by Crippen LogP contribution is 2.34. The molecule has 0 bridgehead atoms. The lowest BCUT2D eigenvalue weighted by molar-refractivity contribution is -0.0989. The lowest BCUT2D eigenvalue weighted by Gasteiger charge is -2.26. The predicted octanol–water partition coefficient (Wildman–Crippen LogP) is 9.44. The van der Waals surface area contributed by atoms with E-state index in [2.05, 4.69) is 6.07 Å². The molecule has 7 nitrogen and oxygen atoms in total. The molecule has 0 N–H and O–H groups in total. The van der Waals surface area contributed by atoms with Gasteiger partial charge in [0.15, 0.2) is 0 Å². The van der Waals surface area contributed by atoms with Crippen molar-refractivity contribution < 1.29 is 18.9 Å². The van der Waals surface area contributed by atoms with Crippen molar-refractivity contribution in [1.29, 1.82) is 5.26 Å². The molecule has 2 heterocycles. The summed E-state index contributed by atoms with van der Waals surface area (Å²) < 4.78 is 25.9. The van der Waals surface area contributed by atoms with Gasteiger partial charge in [0.05, 0.1) is 48.1 Å². The Bertz CT molecular complexity index is 2060. The summed E-state index contributed by atoms with van der Waals surface area (Å²) in [5.74, 6) is 1.26. The van der Waals surface area contributed by atoms with Crippen LogP contribution in [0.5, 0.6) is 11.5 Å². The molecular weight excluding hydrogens is 610 g/mol. The number of aromatic nitrogens is 2. The van der Waals surface area contributed by atoms with Crippen LogP contribution in [-0.2, 0) is 29.1 Å². The van der Waals surface area contributed by atoms with Crippen LogP contribution in [0.25, 0.3) is 21.8 Å². The Labute approximate surface area is 284 Å². The molecule has 0 saturated carbocycles. The normalized spacial score (nSPS) is 12.3. The molecule has 0 saturated heterocycles. The summed E-state index contributed by atoms with van der Waals surface area (Å²) in [6.07, 6.45) is -1.65.